The topological polar surface area (TPSA) is 64.5 Å². The van der Waals surface area contributed by atoms with Crippen LogP contribution in [0.15, 0.2) is 73.6 Å². The van der Waals surface area contributed by atoms with Gasteiger partial charge in [0.05, 0.1) is 12.4 Å². The van der Waals surface area contributed by atoms with Gasteiger partial charge in [-0.25, -0.2) is 19.9 Å². The molecule has 44 heavy (non-hydrogen) atoms. The van der Waals surface area contributed by atoms with E-state index in [1.165, 1.54) is 22.5 Å². The van der Waals surface area contributed by atoms with Crippen LogP contribution in [0.1, 0.15) is 80.4 Å². The van der Waals surface area contributed by atoms with Crippen LogP contribution in [0.25, 0.3) is 0 Å². The molecule has 2 aromatic carbocycles. The first kappa shape index (κ1) is 37.8. The fraction of sp³-hybridized carbons (Fsp3) is 0.444. The van der Waals surface area contributed by atoms with Crippen molar-refractivity contribution in [3.8, 4) is 0 Å². The monoisotopic (exact) mass is 600 g/mol. The molecule has 0 unspecified atom stereocenters. The van der Waals surface area contributed by atoms with Gasteiger partial charge in [-0.1, -0.05) is 91.8 Å². The van der Waals surface area contributed by atoms with Gasteiger partial charge in [0.15, 0.2) is 11.6 Å². The SMILES string of the molecule is CC.CC.CC.CC.Cc1ccccc1N1c2cncnc2N(C)[C@@H]1C.Cc1ccccc1N1c2ncncc2N(C)[C@@H]1C. The second kappa shape index (κ2) is 19.2. The first-order valence-corrected chi connectivity index (χ1v) is 16.2. The zero-order valence-corrected chi connectivity index (χ0v) is 29.7. The van der Waals surface area contributed by atoms with Crippen LogP contribution in [0, 0.1) is 13.8 Å². The summed E-state index contributed by atoms with van der Waals surface area (Å²) in [4.78, 5) is 26.0. The highest BCUT2D eigenvalue weighted by Gasteiger charge is 2.34. The van der Waals surface area contributed by atoms with Gasteiger partial charge in [-0.3, -0.25) is 0 Å². The van der Waals surface area contributed by atoms with Crippen LogP contribution in [-0.4, -0.2) is 46.4 Å². The van der Waals surface area contributed by atoms with Gasteiger partial charge in [0.1, 0.15) is 36.4 Å². The minimum atomic E-state index is 0.248. The van der Waals surface area contributed by atoms with Gasteiger partial charge in [0, 0.05) is 25.5 Å². The summed E-state index contributed by atoms with van der Waals surface area (Å²) in [5.74, 6) is 1.97. The van der Waals surface area contributed by atoms with Gasteiger partial charge in [-0.2, -0.15) is 0 Å². The molecule has 0 saturated carbocycles. The van der Waals surface area contributed by atoms with E-state index < -0.39 is 0 Å². The fourth-order valence-electron chi connectivity index (χ4n) is 4.92. The quantitative estimate of drug-likeness (QED) is 0.225. The van der Waals surface area contributed by atoms with Crippen molar-refractivity contribution >= 4 is 34.4 Å². The lowest BCUT2D eigenvalue weighted by Gasteiger charge is -2.28. The number of nitrogens with zero attached hydrogens (tertiary/aromatic N) is 8. The Bertz CT molecular complexity index is 1270. The smallest absolute Gasteiger partial charge is 0.161 e. The van der Waals surface area contributed by atoms with Crippen LogP contribution in [0.3, 0.4) is 0 Å². The number of hydrogen-bond acceptors (Lipinski definition) is 8. The zero-order valence-electron chi connectivity index (χ0n) is 29.7. The van der Waals surface area contributed by atoms with Gasteiger partial charge in [-0.05, 0) is 51.0 Å². The number of hydrogen-bond donors (Lipinski definition) is 0. The molecule has 2 aromatic heterocycles. The summed E-state index contributed by atoms with van der Waals surface area (Å²) in [6, 6.07) is 16.8. The van der Waals surface area contributed by atoms with E-state index in [0.717, 1.165) is 23.0 Å². The summed E-state index contributed by atoms with van der Waals surface area (Å²) < 4.78 is 0. The minimum Gasteiger partial charge on any atom is -0.350 e. The molecule has 6 rings (SSSR count). The van der Waals surface area contributed by atoms with E-state index in [-0.39, 0.29) is 12.3 Å². The summed E-state index contributed by atoms with van der Waals surface area (Å²) in [7, 11) is 4.14. The zero-order chi connectivity index (χ0) is 33.4. The average molecular weight is 601 g/mol. The number of fused-ring (bicyclic) bond motifs is 2. The number of aryl methyl sites for hydroxylation is 2. The van der Waals surface area contributed by atoms with E-state index in [9.17, 15) is 0 Å². The number of rotatable bonds is 2. The van der Waals surface area contributed by atoms with E-state index in [1.54, 1.807) is 12.7 Å². The van der Waals surface area contributed by atoms with Crippen molar-refractivity contribution in [1.82, 2.24) is 19.9 Å². The lowest BCUT2D eigenvalue weighted by atomic mass is 10.1. The molecule has 2 atom stereocenters. The second-order valence-corrected chi connectivity index (χ2v) is 9.26. The molecule has 0 amide bonds. The van der Waals surface area contributed by atoms with Crippen molar-refractivity contribution in [3.05, 3.63) is 84.7 Å². The van der Waals surface area contributed by atoms with Crippen LogP contribution in [-0.2, 0) is 0 Å². The Morgan fingerprint density at radius 1 is 0.500 bits per heavy atom. The van der Waals surface area contributed by atoms with Gasteiger partial charge in [-0.15, -0.1) is 0 Å². The van der Waals surface area contributed by atoms with Gasteiger partial charge < -0.3 is 19.6 Å². The predicted molar refractivity (Wildman–Crippen MR) is 192 cm³/mol. The number of aromatic nitrogens is 4. The number of anilines is 6. The molecule has 0 N–H and O–H groups in total. The Balaban J connectivity index is 0.000000359. The van der Waals surface area contributed by atoms with Crippen molar-refractivity contribution in [3.63, 3.8) is 0 Å². The lowest BCUT2D eigenvalue weighted by molar-refractivity contribution is 0.728. The van der Waals surface area contributed by atoms with Crippen molar-refractivity contribution in [2.75, 3.05) is 33.7 Å². The van der Waals surface area contributed by atoms with Crippen LogP contribution >= 0.6 is 0 Å². The van der Waals surface area contributed by atoms with E-state index >= 15 is 0 Å². The molecule has 4 aromatic rings. The molecule has 0 fully saturated rings. The Kier molecular flexibility index (Phi) is 16.5. The van der Waals surface area contributed by atoms with Crippen molar-refractivity contribution < 1.29 is 0 Å². The lowest BCUT2D eigenvalue weighted by Crippen LogP contribution is -2.36. The fourth-order valence-corrected chi connectivity index (χ4v) is 4.92. The van der Waals surface area contributed by atoms with Crippen LogP contribution in [0.2, 0.25) is 0 Å². The first-order valence-electron chi connectivity index (χ1n) is 16.2. The van der Waals surface area contributed by atoms with Crippen molar-refractivity contribution in [2.24, 2.45) is 0 Å². The molecule has 2 aliphatic heterocycles. The maximum absolute atomic E-state index is 4.43. The Morgan fingerprint density at radius 2 is 0.909 bits per heavy atom. The van der Waals surface area contributed by atoms with Crippen molar-refractivity contribution in [1.29, 1.82) is 0 Å². The molecule has 240 valence electrons. The minimum absolute atomic E-state index is 0.248. The van der Waals surface area contributed by atoms with E-state index in [1.807, 2.05) is 67.8 Å². The molecule has 0 radical (unpaired) electrons. The third-order valence-corrected chi connectivity index (χ3v) is 7.17. The highest BCUT2D eigenvalue weighted by atomic mass is 15.4. The third kappa shape index (κ3) is 8.04. The molecule has 0 saturated heterocycles. The molecular weight excluding hydrogens is 544 g/mol. The standard InChI is InChI=1S/2C14H16N4.4C2H6/c1-10-6-4-5-7-12(10)18-11(2)17(3)14-13(18)8-15-9-16-14;1-10-6-4-5-7-12(10)18-11(2)17(3)13-8-15-9-16-14(13)18;4*1-2/h2*4-9,11H,1-3H3;4*1-2H3/t2*11-;;;;/m00..../s1. The second-order valence-electron chi connectivity index (χ2n) is 9.26. The maximum atomic E-state index is 4.43. The normalized spacial score (nSPS) is 15.3. The highest BCUT2D eigenvalue weighted by Crippen LogP contribution is 2.43. The first-order chi connectivity index (χ1) is 21.4. The Labute approximate surface area is 267 Å². The highest BCUT2D eigenvalue weighted by molar-refractivity contribution is 5.81. The number of para-hydroxylation sites is 2. The summed E-state index contributed by atoms with van der Waals surface area (Å²) in [6.07, 6.45) is 7.46. The molecule has 0 aliphatic carbocycles. The van der Waals surface area contributed by atoms with Crippen molar-refractivity contribution in [2.45, 2.75) is 95.4 Å². The predicted octanol–water partition coefficient (Wildman–Crippen LogP) is 9.54. The Morgan fingerprint density at radius 3 is 1.41 bits per heavy atom. The molecular formula is C36H56N8. The van der Waals surface area contributed by atoms with Crippen LogP contribution in [0.4, 0.5) is 34.4 Å². The molecule has 0 spiro atoms. The summed E-state index contributed by atoms with van der Waals surface area (Å²) in [6.45, 7) is 24.6. The third-order valence-electron chi connectivity index (χ3n) is 7.17. The molecule has 8 heteroatoms. The number of benzene rings is 2. The molecule has 8 nitrogen and oxygen atoms in total. The van der Waals surface area contributed by atoms with Crippen LogP contribution < -0.4 is 19.6 Å². The summed E-state index contributed by atoms with van der Waals surface area (Å²) in [5, 5.41) is 0. The van der Waals surface area contributed by atoms with Gasteiger partial charge in [0.2, 0.25) is 0 Å². The Hall–Kier alpha value is -4.20. The largest absolute Gasteiger partial charge is 0.350 e. The maximum Gasteiger partial charge on any atom is 0.161 e. The molecule has 2 aliphatic rings. The average Bonchev–Trinajstić information content (AvgIpc) is 3.50. The molecule has 0 bridgehead atoms. The van der Waals surface area contributed by atoms with Gasteiger partial charge in [0.25, 0.3) is 0 Å². The van der Waals surface area contributed by atoms with E-state index in [4.69, 9.17) is 0 Å². The van der Waals surface area contributed by atoms with Crippen LogP contribution in [0.5, 0.6) is 0 Å². The summed E-state index contributed by atoms with van der Waals surface area (Å²) in [5.41, 5.74) is 7.08. The van der Waals surface area contributed by atoms with Gasteiger partial charge >= 0.3 is 0 Å². The summed E-state index contributed by atoms with van der Waals surface area (Å²) >= 11 is 0. The van der Waals surface area contributed by atoms with E-state index in [0.29, 0.717) is 0 Å². The molecule has 4 heterocycles. The van der Waals surface area contributed by atoms with E-state index in [2.05, 4.69) is 130 Å².